The van der Waals surface area contributed by atoms with E-state index in [1.54, 1.807) is 0 Å². The zero-order valence-electron chi connectivity index (χ0n) is 53.8. The lowest BCUT2D eigenvalue weighted by molar-refractivity contribution is 0.521. The molecule has 0 fully saturated rings. The third-order valence-corrected chi connectivity index (χ3v) is 18.2. The molecule has 2 aliphatic heterocycles. The normalized spacial score (nSPS) is 15.8. The zero-order chi connectivity index (χ0) is 60.0. The van der Waals surface area contributed by atoms with Gasteiger partial charge >= 0.3 is 0 Å². The summed E-state index contributed by atoms with van der Waals surface area (Å²) >= 11 is 0. The van der Waals surface area contributed by atoms with Gasteiger partial charge in [0.1, 0.15) is 0 Å². The molecule has 1 aliphatic carbocycles. The summed E-state index contributed by atoms with van der Waals surface area (Å²) in [6, 6.07) is 70.0. The van der Waals surface area contributed by atoms with Crippen LogP contribution in [0.2, 0.25) is 0 Å². The lowest BCUT2D eigenvalue weighted by Gasteiger charge is -2.48. The summed E-state index contributed by atoms with van der Waals surface area (Å²) in [5.74, 6) is 0. The molecule has 0 spiro atoms. The maximum atomic E-state index is 9.40. The summed E-state index contributed by atoms with van der Waals surface area (Å²) in [6.45, 7) is 34.0. The van der Waals surface area contributed by atoms with Gasteiger partial charge in [-0.05, 0) is 179 Å². The molecule has 81 heavy (non-hydrogen) atoms. The second-order valence-electron chi connectivity index (χ2n) is 28.6. The Balaban J connectivity index is 1.21. The van der Waals surface area contributed by atoms with Gasteiger partial charge < -0.3 is 14.7 Å². The van der Waals surface area contributed by atoms with Gasteiger partial charge in [-0.15, -0.1) is 0 Å². The summed E-state index contributed by atoms with van der Waals surface area (Å²) in [6.07, 6.45) is 0. The Hall–Kier alpha value is -7.56. The Bertz CT molecular complexity index is 3970. The van der Waals surface area contributed by atoms with Gasteiger partial charge in [0.15, 0.2) is 0 Å². The molecular weight excluding hydrogens is 978 g/mol. The molecule has 0 N–H and O–H groups in total. The van der Waals surface area contributed by atoms with Crippen molar-refractivity contribution in [1.82, 2.24) is 0 Å². The Kier molecular flexibility index (Phi) is 11.7. The second-order valence-corrected chi connectivity index (χ2v) is 28.6. The number of anilines is 9. The van der Waals surface area contributed by atoms with Gasteiger partial charge in [0.25, 0.3) is 6.71 Å². The van der Waals surface area contributed by atoms with Gasteiger partial charge in [-0.2, -0.15) is 0 Å². The predicted molar refractivity (Wildman–Crippen MR) is 351 cm³/mol. The molecular formula is C77H82BN3. The maximum Gasteiger partial charge on any atom is 0.252 e. The second kappa shape index (κ2) is 18.7. The number of benzene rings is 9. The van der Waals surface area contributed by atoms with E-state index < -0.39 is 6.85 Å². The Morgan fingerprint density at radius 2 is 0.840 bits per heavy atom. The Labute approximate surface area is 490 Å². The summed E-state index contributed by atoms with van der Waals surface area (Å²) in [4.78, 5) is 7.22. The first kappa shape index (κ1) is 50.4. The molecule has 0 bridgehead atoms. The van der Waals surface area contributed by atoms with E-state index >= 15 is 0 Å². The molecule has 3 nitrogen and oxygen atoms in total. The van der Waals surface area contributed by atoms with Crippen LogP contribution in [0.15, 0.2) is 188 Å². The topological polar surface area (TPSA) is 9.72 Å². The molecule has 3 aliphatic rings. The molecule has 0 amide bonds. The van der Waals surface area contributed by atoms with Gasteiger partial charge in [-0.3, -0.25) is 0 Å². The number of nitrogens with zero attached hydrogens (tertiary/aromatic N) is 3. The highest BCUT2D eigenvalue weighted by Gasteiger charge is 2.48. The first-order valence-electron chi connectivity index (χ1n) is 30.9. The zero-order valence-corrected chi connectivity index (χ0v) is 50.8. The minimum absolute atomic E-state index is 0.0229. The van der Waals surface area contributed by atoms with Gasteiger partial charge in [-0.25, -0.2) is 0 Å². The number of hydrogen-bond acceptors (Lipinski definition) is 3. The van der Waals surface area contributed by atoms with Gasteiger partial charge in [-0.1, -0.05) is 220 Å². The number of rotatable bonds is 6. The molecule has 2 heterocycles. The third kappa shape index (κ3) is 9.04. The fourth-order valence-corrected chi connectivity index (χ4v) is 13.4. The molecule has 9 aromatic rings. The van der Waals surface area contributed by atoms with E-state index in [0.29, 0.717) is 5.56 Å². The van der Waals surface area contributed by atoms with Gasteiger partial charge in [0.2, 0.25) is 0 Å². The first-order chi connectivity index (χ1) is 39.3. The summed E-state index contributed by atoms with van der Waals surface area (Å²) in [5, 5.41) is 0. The van der Waals surface area contributed by atoms with E-state index in [2.05, 4.69) is 301 Å². The number of fused-ring (bicyclic) bond motifs is 6. The van der Waals surface area contributed by atoms with Crippen LogP contribution in [-0.2, 0) is 32.5 Å². The molecule has 0 atom stereocenters. The van der Waals surface area contributed by atoms with Crippen molar-refractivity contribution in [2.24, 2.45) is 0 Å². The van der Waals surface area contributed by atoms with Crippen molar-refractivity contribution in [3.05, 3.63) is 238 Å². The van der Waals surface area contributed by atoms with Crippen LogP contribution in [0.1, 0.15) is 165 Å². The van der Waals surface area contributed by atoms with Crippen molar-refractivity contribution in [1.29, 1.82) is 0 Å². The van der Waals surface area contributed by atoms with E-state index in [1.165, 1.54) is 50.0 Å². The van der Waals surface area contributed by atoms with Crippen LogP contribution in [0, 0.1) is 6.85 Å². The molecule has 4 heteroatoms. The van der Waals surface area contributed by atoms with Crippen LogP contribution in [0.4, 0.5) is 51.2 Å². The van der Waals surface area contributed by atoms with Crippen LogP contribution >= 0.6 is 0 Å². The van der Waals surface area contributed by atoms with E-state index in [1.807, 2.05) is 12.1 Å². The van der Waals surface area contributed by atoms with E-state index in [4.69, 9.17) is 0 Å². The fraction of sp³-hybridized carbons (Fsp3) is 0.299. The first-order valence-corrected chi connectivity index (χ1v) is 29.4. The highest BCUT2D eigenvalue weighted by Crippen LogP contribution is 2.54. The summed E-state index contributed by atoms with van der Waals surface area (Å²) < 4.78 is 28.2. The lowest BCUT2D eigenvalue weighted by atomic mass is 9.33. The van der Waals surface area contributed by atoms with Gasteiger partial charge in [0, 0.05) is 66.0 Å². The molecule has 12 rings (SSSR count). The van der Waals surface area contributed by atoms with E-state index in [9.17, 15) is 4.11 Å². The third-order valence-electron chi connectivity index (χ3n) is 18.2. The van der Waals surface area contributed by atoms with Crippen LogP contribution in [-0.4, -0.2) is 6.71 Å². The van der Waals surface area contributed by atoms with Crippen molar-refractivity contribution < 1.29 is 4.11 Å². The molecule has 0 unspecified atom stereocenters. The molecule has 0 saturated heterocycles. The highest BCUT2D eigenvalue weighted by atomic mass is 15.2. The lowest BCUT2D eigenvalue weighted by Crippen LogP contribution is -2.62. The molecule has 9 aromatic carbocycles. The van der Waals surface area contributed by atoms with Crippen LogP contribution in [0.3, 0.4) is 0 Å². The molecule has 408 valence electrons. The quantitative estimate of drug-likeness (QED) is 0.154. The average molecular weight is 1060 g/mol. The van der Waals surface area contributed by atoms with Crippen LogP contribution in [0.25, 0.3) is 11.1 Å². The Morgan fingerprint density at radius 3 is 1.36 bits per heavy atom. The van der Waals surface area contributed by atoms with Crippen molar-refractivity contribution in [2.45, 2.75) is 150 Å². The largest absolute Gasteiger partial charge is 0.311 e. The number of hydrogen-bond donors (Lipinski definition) is 0. The Morgan fingerprint density at radius 1 is 0.383 bits per heavy atom. The van der Waals surface area contributed by atoms with E-state index in [0.717, 1.165) is 73.2 Å². The number of aryl methyl sites for hydroxylation is 1. The summed E-state index contributed by atoms with van der Waals surface area (Å²) in [5.41, 5.74) is 24.0. The standard InChI is InChI=1S/C77H82BN3/c1-49-43-69-71-70(44-49)81(66-42-33-54(75(11,12)13)45-59(66)50-23-19-18-20-24-50)68-48-63-62(76(14,15)60-25-21-22-26-61(60)77(63,16)17)47-65(68)78(71)64-41-40-58(46-67(64)80(69)57-38-31-53(32-39-57)74(8,9)10)79(55-34-27-51(28-35-55)72(2,3)4)56-36-29-52(30-37-56)73(5,6)7/h18-48H,1-17H3/i1D3. The summed E-state index contributed by atoms with van der Waals surface area (Å²) in [7, 11) is 0. The predicted octanol–water partition coefficient (Wildman–Crippen LogP) is 19.4. The SMILES string of the molecule is [2H]C([2H])([2H])c1cc2c3c(c1)N(c1ccc(C(C)(C)C)cc1-c1ccccc1)c1cc4c(cc1B3c1ccc(N(c3ccc(C(C)(C)C)cc3)c3ccc(C(C)(C)C)cc3)cc1N2c1ccc(C(C)(C)C)cc1)C(C)(C)c1ccccc1C4(C)C. The monoisotopic (exact) mass is 1060 g/mol. The minimum atomic E-state index is -2.45. The van der Waals surface area contributed by atoms with Crippen molar-refractivity contribution in [3.8, 4) is 11.1 Å². The molecule has 0 aromatic heterocycles. The van der Waals surface area contributed by atoms with E-state index in [-0.39, 0.29) is 39.2 Å². The fourth-order valence-electron chi connectivity index (χ4n) is 13.4. The smallest absolute Gasteiger partial charge is 0.252 e. The molecule has 0 saturated carbocycles. The molecule has 0 radical (unpaired) electrons. The van der Waals surface area contributed by atoms with Gasteiger partial charge in [0.05, 0.1) is 5.69 Å². The van der Waals surface area contributed by atoms with Crippen LogP contribution in [0.5, 0.6) is 0 Å². The minimum Gasteiger partial charge on any atom is -0.311 e. The van der Waals surface area contributed by atoms with Crippen molar-refractivity contribution in [2.75, 3.05) is 14.7 Å². The van der Waals surface area contributed by atoms with Crippen LogP contribution < -0.4 is 31.1 Å². The van der Waals surface area contributed by atoms with Crippen molar-refractivity contribution in [3.63, 3.8) is 0 Å². The maximum absolute atomic E-state index is 9.40. The van der Waals surface area contributed by atoms with Crippen molar-refractivity contribution >= 4 is 74.3 Å². The average Bonchev–Trinajstić information content (AvgIpc) is 0.790. The highest BCUT2D eigenvalue weighted by molar-refractivity contribution is 7.00.